The van der Waals surface area contributed by atoms with Crippen molar-refractivity contribution >= 4 is 21.5 Å². The van der Waals surface area contributed by atoms with Crippen LogP contribution < -0.4 is 10.0 Å². The summed E-state index contributed by atoms with van der Waals surface area (Å²) in [5.41, 5.74) is 3.05. The molecule has 0 bridgehead atoms. The fourth-order valence-corrected chi connectivity index (χ4v) is 3.37. The molecule has 2 heterocycles. The smallest absolute Gasteiger partial charge is 0.263 e. The molecule has 21 heavy (non-hydrogen) atoms. The normalized spacial score (nSPS) is 14.1. The summed E-state index contributed by atoms with van der Waals surface area (Å²) in [6.45, 7) is 2.78. The van der Waals surface area contributed by atoms with Crippen LogP contribution in [0.15, 0.2) is 41.4 Å². The summed E-state index contributed by atoms with van der Waals surface area (Å²) in [4.78, 5) is 4.32. The van der Waals surface area contributed by atoms with Crippen molar-refractivity contribution in [1.29, 1.82) is 0 Å². The highest BCUT2D eigenvalue weighted by Gasteiger charge is 2.18. The van der Waals surface area contributed by atoms with Crippen molar-refractivity contribution in [1.82, 2.24) is 4.98 Å². The van der Waals surface area contributed by atoms with Crippen LogP contribution in [0.3, 0.4) is 0 Å². The molecule has 0 aliphatic carbocycles. The molecule has 0 spiro atoms. The quantitative estimate of drug-likeness (QED) is 0.914. The highest BCUT2D eigenvalue weighted by Crippen LogP contribution is 2.26. The molecule has 0 unspecified atom stereocenters. The fraction of sp³-hybridized carbons (Fsp3) is 0.267. The van der Waals surface area contributed by atoms with Gasteiger partial charge in [0.25, 0.3) is 10.0 Å². The molecule has 0 saturated heterocycles. The van der Waals surface area contributed by atoms with Crippen LogP contribution in [0.2, 0.25) is 0 Å². The zero-order valence-electron chi connectivity index (χ0n) is 11.8. The number of anilines is 2. The van der Waals surface area contributed by atoms with E-state index in [0.717, 1.165) is 36.2 Å². The SMILES string of the molecule is Cc1ccc(NS(=O)(=O)c2ccc3c(c2)NCCC3)nc1. The van der Waals surface area contributed by atoms with Gasteiger partial charge in [-0.25, -0.2) is 13.4 Å². The molecular formula is C15H17N3O2S. The lowest BCUT2D eigenvalue weighted by Gasteiger charge is -2.18. The maximum Gasteiger partial charge on any atom is 0.263 e. The van der Waals surface area contributed by atoms with Gasteiger partial charge in [0.1, 0.15) is 5.82 Å². The van der Waals surface area contributed by atoms with Gasteiger partial charge in [-0.05, 0) is 49.1 Å². The van der Waals surface area contributed by atoms with E-state index in [1.807, 2.05) is 19.1 Å². The first kappa shape index (κ1) is 13.9. The fourth-order valence-electron chi connectivity index (χ4n) is 2.33. The van der Waals surface area contributed by atoms with Gasteiger partial charge in [0, 0.05) is 18.4 Å². The largest absolute Gasteiger partial charge is 0.385 e. The maximum absolute atomic E-state index is 12.4. The third kappa shape index (κ3) is 3.00. The van der Waals surface area contributed by atoms with E-state index in [-0.39, 0.29) is 4.90 Å². The summed E-state index contributed by atoms with van der Waals surface area (Å²) >= 11 is 0. The number of sulfonamides is 1. The standard InChI is InChI=1S/C15H17N3O2S/c1-11-4-7-15(17-10-11)18-21(19,20)13-6-5-12-3-2-8-16-14(12)9-13/h4-7,9-10,16H,2-3,8H2,1H3,(H,17,18). The zero-order chi connectivity index (χ0) is 14.9. The minimum absolute atomic E-state index is 0.248. The Balaban J connectivity index is 1.89. The first-order valence-corrected chi connectivity index (χ1v) is 8.35. The maximum atomic E-state index is 12.4. The number of pyridine rings is 1. The molecular weight excluding hydrogens is 286 g/mol. The Bertz CT molecular complexity index is 755. The molecule has 3 rings (SSSR count). The van der Waals surface area contributed by atoms with Crippen molar-refractivity contribution < 1.29 is 8.42 Å². The molecule has 110 valence electrons. The summed E-state index contributed by atoms with van der Waals surface area (Å²) in [6, 6.07) is 8.68. The zero-order valence-corrected chi connectivity index (χ0v) is 12.6. The van der Waals surface area contributed by atoms with Crippen molar-refractivity contribution in [3.05, 3.63) is 47.7 Å². The van der Waals surface area contributed by atoms with Crippen LogP contribution in [-0.4, -0.2) is 19.9 Å². The second-order valence-corrected chi connectivity index (χ2v) is 6.86. The van der Waals surface area contributed by atoms with Gasteiger partial charge in [-0.15, -0.1) is 0 Å². The first-order valence-electron chi connectivity index (χ1n) is 6.87. The van der Waals surface area contributed by atoms with Crippen molar-refractivity contribution in [2.24, 2.45) is 0 Å². The topological polar surface area (TPSA) is 71.1 Å². The number of benzene rings is 1. The third-order valence-electron chi connectivity index (χ3n) is 3.48. The Labute approximate surface area is 124 Å². The Morgan fingerprint density at radius 2 is 2.10 bits per heavy atom. The molecule has 1 aliphatic rings. The molecule has 0 amide bonds. The number of aromatic nitrogens is 1. The van der Waals surface area contributed by atoms with E-state index in [2.05, 4.69) is 15.0 Å². The van der Waals surface area contributed by atoms with Gasteiger partial charge in [0.2, 0.25) is 0 Å². The number of hydrogen-bond donors (Lipinski definition) is 2. The van der Waals surface area contributed by atoms with E-state index in [9.17, 15) is 8.42 Å². The molecule has 6 heteroatoms. The molecule has 5 nitrogen and oxygen atoms in total. The van der Waals surface area contributed by atoms with E-state index < -0.39 is 10.0 Å². The highest BCUT2D eigenvalue weighted by atomic mass is 32.2. The summed E-state index contributed by atoms with van der Waals surface area (Å²) in [5, 5.41) is 3.24. The van der Waals surface area contributed by atoms with Gasteiger partial charge in [-0.2, -0.15) is 0 Å². The number of rotatable bonds is 3. The van der Waals surface area contributed by atoms with Gasteiger partial charge < -0.3 is 5.32 Å². The highest BCUT2D eigenvalue weighted by molar-refractivity contribution is 7.92. The van der Waals surface area contributed by atoms with Crippen LogP contribution in [0.1, 0.15) is 17.5 Å². The van der Waals surface area contributed by atoms with Crippen LogP contribution in [-0.2, 0) is 16.4 Å². The number of hydrogen-bond acceptors (Lipinski definition) is 4. The summed E-state index contributed by atoms with van der Waals surface area (Å²) < 4.78 is 27.3. The Morgan fingerprint density at radius 3 is 2.86 bits per heavy atom. The van der Waals surface area contributed by atoms with Gasteiger partial charge in [-0.1, -0.05) is 12.1 Å². The lowest BCUT2D eigenvalue weighted by atomic mass is 10.0. The number of fused-ring (bicyclic) bond motifs is 1. The predicted octanol–water partition coefficient (Wildman–Crippen LogP) is 2.55. The van der Waals surface area contributed by atoms with Gasteiger partial charge in [-0.3, -0.25) is 4.72 Å². The van der Waals surface area contributed by atoms with Gasteiger partial charge in [0.15, 0.2) is 0 Å². The number of aryl methyl sites for hydroxylation is 2. The van der Waals surface area contributed by atoms with E-state index in [4.69, 9.17) is 0 Å². The van der Waals surface area contributed by atoms with Crippen LogP contribution in [0.25, 0.3) is 0 Å². The minimum atomic E-state index is -3.61. The second-order valence-electron chi connectivity index (χ2n) is 5.18. The summed E-state index contributed by atoms with van der Waals surface area (Å²) in [5.74, 6) is 0.325. The van der Waals surface area contributed by atoms with Crippen molar-refractivity contribution in [2.45, 2.75) is 24.7 Å². The molecule has 1 aromatic heterocycles. The van der Waals surface area contributed by atoms with E-state index in [0.29, 0.717) is 5.82 Å². The minimum Gasteiger partial charge on any atom is -0.385 e. The third-order valence-corrected chi connectivity index (χ3v) is 4.83. The molecule has 0 fully saturated rings. The van der Waals surface area contributed by atoms with E-state index in [1.54, 1.807) is 24.4 Å². The molecule has 1 aliphatic heterocycles. The average Bonchev–Trinajstić information content (AvgIpc) is 2.49. The van der Waals surface area contributed by atoms with E-state index >= 15 is 0 Å². The predicted molar refractivity (Wildman–Crippen MR) is 83.0 cm³/mol. The van der Waals surface area contributed by atoms with E-state index in [1.165, 1.54) is 0 Å². The van der Waals surface area contributed by atoms with Crippen LogP contribution in [0.5, 0.6) is 0 Å². The lowest BCUT2D eigenvalue weighted by molar-refractivity contribution is 0.601. The van der Waals surface area contributed by atoms with Crippen molar-refractivity contribution in [2.75, 3.05) is 16.6 Å². The monoisotopic (exact) mass is 303 g/mol. The van der Waals surface area contributed by atoms with Crippen molar-refractivity contribution in [3.63, 3.8) is 0 Å². The van der Waals surface area contributed by atoms with Crippen LogP contribution in [0.4, 0.5) is 11.5 Å². The molecule has 0 saturated carbocycles. The summed E-state index contributed by atoms with van der Waals surface area (Å²) in [7, 11) is -3.61. The molecule has 0 atom stereocenters. The average molecular weight is 303 g/mol. The Morgan fingerprint density at radius 1 is 1.24 bits per heavy atom. The molecule has 0 radical (unpaired) electrons. The van der Waals surface area contributed by atoms with Gasteiger partial charge in [0.05, 0.1) is 4.90 Å². The number of nitrogens with one attached hydrogen (secondary N) is 2. The summed E-state index contributed by atoms with van der Waals surface area (Å²) in [6.07, 6.45) is 3.69. The molecule has 2 N–H and O–H groups in total. The molecule has 1 aromatic carbocycles. The lowest BCUT2D eigenvalue weighted by Crippen LogP contribution is -2.16. The van der Waals surface area contributed by atoms with Gasteiger partial charge >= 0.3 is 0 Å². The molecule has 2 aromatic rings. The Kier molecular flexibility index (Phi) is 3.55. The van der Waals surface area contributed by atoms with Crippen LogP contribution in [0, 0.1) is 6.92 Å². The first-order chi connectivity index (χ1) is 10.0. The number of nitrogens with zero attached hydrogens (tertiary/aromatic N) is 1. The van der Waals surface area contributed by atoms with Crippen LogP contribution >= 0.6 is 0 Å². The van der Waals surface area contributed by atoms with Crippen molar-refractivity contribution in [3.8, 4) is 0 Å². The second kappa shape index (κ2) is 5.37. The Hall–Kier alpha value is -2.08.